The Labute approximate surface area is 185 Å². The van der Waals surface area contributed by atoms with Crippen LogP contribution in [-0.4, -0.2) is 39.1 Å². The van der Waals surface area contributed by atoms with Gasteiger partial charge in [0.05, 0.1) is 4.90 Å². The third kappa shape index (κ3) is 5.02. The van der Waals surface area contributed by atoms with Gasteiger partial charge in [0.1, 0.15) is 17.7 Å². The van der Waals surface area contributed by atoms with Crippen molar-refractivity contribution in [2.75, 3.05) is 6.54 Å². The van der Waals surface area contributed by atoms with Crippen molar-refractivity contribution >= 4 is 15.9 Å². The lowest BCUT2D eigenvalue weighted by Gasteiger charge is -2.20. The third-order valence-electron chi connectivity index (χ3n) is 5.97. The number of nitrogens with one attached hydrogen (secondary N) is 2. The van der Waals surface area contributed by atoms with Gasteiger partial charge in [0.25, 0.3) is 0 Å². The largest absolute Gasteiger partial charge is 0.445 e. The van der Waals surface area contributed by atoms with Crippen molar-refractivity contribution in [1.29, 1.82) is 0 Å². The first-order valence-corrected chi connectivity index (χ1v) is 11.9. The summed E-state index contributed by atoms with van der Waals surface area (Å²) in [6, 6.07) is 14.1. The highest BCUT2D eigenvalue weighted by Gasteiger charge is 2.49. The van der Waals surface area contributed by atoms with E-state index in [1.165, 1.54) is 24.3 Å². The molecule has 4 rings (SSSR count). The van der Waals surface area contributed by atoms with Crippen LogP contribution in [0.3, 0.4) is 0 Å². The second-order valence-corrected chi connectivity index (χ2v) is 10.1. The number of carbonyl (C=O) groups excluding carboxylic acids is 1. The van der Waals surface area contributed by atoms with E-state index in [4.69, 9.17) is 4.74 Å². The average Bonchev–Trinajstić information content (AvgIpc) is 3.33. The summed E-state index contributed by atoms with van der Waals surface area (Å²) >= 11 is 0. The molecule has 32 heavy (non-hydrogen) atoms. The molecule has 2 aromatic carbocycles. The normalized spacial score (nSPS) is 24.8. The van der Waals surface area contributed by atoms with E-state index in [9.17, 15) is 22.0 Å². The Morgan fingerprint density at radius 3 is 2.50 bits per heavy atom. The van der Waals surface area contributed by atoms with Gasteiger partial charge in [-0.15, -0.1) is 0 Å². The molecule has 2 aromatic rings. The van der Waals surface area contributed by atoms with Crippen molar-refractivity contribution in [3.05, 3.63) is 60.2 Å². The molecular formula is C22H24F2N2O5S. The molecule has 0 aromatic heterocycles. The predicted octanol–water partition coefficient (Wildman–Crippen LogP) is 3.31. The first kappa shape index (κ1) is 22.5. The maximum absolute atomic E-state index is 13.1. The van der Waals surface area contributed by atoms with Crippen molar-refractivity contribution in [1.82, 2.24) is 10.6 Å². The molecule has 1 aliphatic heterocycles. The second kappa shape index (κ2) is 9.41. The number of carbonyl (C=O) groups is 1. The van der Waals surface area contributed by atoms with Gasteiger partial charge in [-0.2, -0.15) is 8.78 Å². The highest BCUT2D eigenvalue weighted by molar-refractivity contribution is 7.92. The van der Waals surface area contributed by atoms with Crippen LogP contribution in [0.25, 0.3) is 0 Å². The van der Waals surface area contributed by atoms with Crippen molar-refractivity contribution in [3.63, 3.8) is 0 Å². The van der Waals surface area contributed by atoms with E-state index in [1.807, 2.05) is 30.3 Å². The highest BCUT2D eigenvalue weighted by Crippen LogP contribution is 2.41. The summed E-state index contributed by atoms with van der Waals surface area (Å²) in [5.74, 6) is -0.164. The summed E-state index contributed by atoms with van der Waals surface area (Å²) < 4.78 is 60.5. The molecule has 0 radical (unpaired) electrons. The maximum atomic E-state index is 13.1. The smallest absolute Gasteiger partial charge is 0.407 e. The topological polar surface area (TPSA) is 93.7 Å². The molecule has 172 valence electrons. The monoisotopic (exact) mass is 466 g/mol. The van der Waals surface area contributed by atoms with Gasteiger partial charge in [0.2, 0.25) is 0 Å². The molecule has 0 unspecified atom stereocenters. The van der Waals surface area contributed by atoms with Gasteiger partial charge >= 0.3 is 12.7 Å². The number of hydrogen-bond acceptors (Lipinski definition) is 6. The van der Waals surface area contributed by atoms with E-state index < -0.39 is 27.9 Å². The minimum Gasteiger partial charge on any atom is -0.445 e. The fourth-order valence-electron chi connectivity index (χ4n) is 4.53. The van der Waals surface area contributed by atoms with Gasteiger partial charge in [-0.25, -0.2) is 13.2 Å². The van der Waals surface area contributed by atoms with E-state index in [-0.39, 0.29) is 35.1 Å². The van der Waals surface area contributed by atoms with Crippen LogP contribution < -0.4 is 15.4 Å². The van der Waals surface area contributed by atoms with Crippen LogP contribution >= 0.6 is 0 Å². The van der Waals surface area contributed by atoms with Gasteiger partial charge < -0.3 is 20.1 Å². The number of alkyl halides is 2. The van der Waals surface area contributed by atoms with Crippen molar-refractivity contribution in [2.45, 2.75) is 42.4 Å². The minimum absolute atomic E-state index is 0.0379. The van der Waals surface area contributed by atoms with Crippen molar-refractivity contribution in [2.24, 2.45) is 11.8 Å². The Hall–Kier alpha value is -2.72. The highest BCUT2D eigenvalue weighted by atomic mass is 32.2. The van der Waals surface area contributed by atoms with Gasteiger partial charge in [0, 0.05) is 6.04 Å². The lowest BCUT2D eigenvalue weighted by Crippen LogP contribution is -2.39. The Kier molecular flexibility index (Phi) is 6.61. The second-order valence-electron chi connectivity index (χ2n) is 8.02. The molecule has 2 fully saturated rings. The molecule has 1 heterocycles. The summed E-state index contributed by atoms with van der Waals surface area (Å²) in [6.45, 7) is -2.29. The van der Waals surface area contributed by atoms with Crippen molar-refractivity contribution < 1.29 is 31.5 Å². The number of sulfone groups is 1. The van der Waals surface area contributed by atoms with Crippen LogP contribution in [0.1, 0.15) is 18.4 Å². The zero-order valence-corrected chi connectivity index (χ0v) is 17.9. The minimum atomic E-state index is -3.73. The molecule has 1 saturated heterocycles. The zero-order valence-electron chi connectivity index (χ0n) is 17.1. The number of benzene rings is 2. The molecule has 1 amide bonds. The summed E-state index contributed by atoms with van der Waals surface area (Å²) in [6.07, 6.45) is 0.640. The molecule has 0 spiro atoms. The average molecular weight is 467 g/mol. The Morgan fingerprint density at radius 1 is 1.09 bits per heavy atom. The molecular weight excluding hydrogens is 442 g/mol. The third-order valence-corrected chi connectivity index (χ3v) is 8.08. The van der Waals surface area contributed by atoms with Crippen molar-refractivity contribution in [3.8, 4) is 5.75 Å². The van der Waals surface area contributed by atoms with Crippen LogP contribution in [0.2, 0.25) is 0 Å². The number of ether oxygens (including phenoxy) is 2. The fraction of sp³-hybridized carbons (Fsp3) is 0.409. The number of fused-ring (bicyclic) bond motifs is 1. The lowest BCUT2D eigenvalue weighted by molar-refractivity contribution is -0.0498. The van der Waals surface area contributed by atoms with Crippen LogP contribution in [0.5, 0.6) is 5.75 Å². The summed E-state index contributed by atoms with van der Waals surface area (Å²) in [5.41, 5.74) is 0.881. The van der Waals surface area contributed by atoms with E-state index >= 15 is 0 Å². The van der Waals surface area contributed by atoms with Crippen LogP contribution in [-0.2, 0) is 21.2 Å². The van der Waals surface area contributed by atoms with Crippen LogP contribution in [0.4, 0.5) is 13.6 Å². The Bertz CT molecular complexity index is 1030. The van der Waals surface area contributed by atoms with Crippen LogP contribution in [0, 0.1) is 11.8 Å². The SMILES string of the molecule is O=C(N[C@H]1C[C@@H]2CN[C@@H](S(=O)(=O)c3ccc(OC(F)F)cc3)[C@H]2C1)OCc1ccccc1. The Balaban J connectivity index is 1.35. The standard InChI is InChI=1S/C22H24F2N2O5S/c23-21(24)31-17-6-8-18(9-7-17)32(28,29)20-19-11-16(10-15(19)12-25-20)26-22(27)30-13-14-4-2-1-3-5-14/h1-9,15-16,19-21,25H,10-13H2,(H,26,27)/t15-,16+,19+,20+/m1/s1. The van der Waals surface area contributed by atoms with Crippen LogP contribution in [0.15, 0.2) is 59.5 Å². The van der Waals surface area contributed by atoms with Gasteiger partial charge in [-0.1, -0.05) is 30.3 Å². The summed E-state index contributed by atoms with van der Waals surface area (Å²) in [5, 5.41) is 5.12. The molecule has 4 atom stereocenters. The quantitative estimate of drug-likeness (QED) is 0.650. The Morgan fingerprint density at radius 2 is 1.81 bits per heavy atom. The van der Waals surface area contributed by atoms with E-state index in [1.54, 1.807) is 0 Å². The number of amides is 1. The summed E-state index contributed by atoms with van der Waals surface area (Å²) in [4.78, 5) is 12.2. The molecule has 10 heteroatoms. The molecule has 2 N–H and O–H groups in total. The molecule has 1 saturated carbocycles. The molecule has 0 bridgehead atoms. The first-order valence-electron chi connectivity index (χ1n) is 10.3. The molecule has 2 aliphatic rings. The first-order chi connectivity index (χ1) is 15.3. The number of alkyl carbamates (subject to hydrolysis) is 1. The zero-order chi connectivity index (χ0) is 22.7. The fourth-order valence-corrected chi connectivity index (χ4v) is 6.45. The van der Waals surface area contributed by atoms with Gasteiger partial charge in [-0.3, -0.25) is 0 Å². The molecule has 1 aliphatic carbocycles. The lowest BCUT2D eigenvalue weighted by atomic mass is 10.0. The predicted molar refractivity (Wildman–Crippen MR) is 112 cm³/mol. The van der Waals surface area contributed by atoms with E-state index in [2.05, 4.69) is 15.4 Å². The summed E-state index contributed by atoms with van der Waals surface area (Å²) in [7, 11) is -3.73. The van der Waals surface area contributed by atoms with E-state index in [0.717, 1.165) is 5.56 Å². The van der Waals surface area contributed by atoms with Gasteiger partial charge in [-0.05, 0) is 61.1 Å². The van der Waals surface area contributed by atoms with E-state index in [0.29, 0.717) is 19.4 Å². The number of halogens is 2. The number of rotatable bonds is 7. The van der Waals surface area contributed by atoms with Gasteiger partial charge in [0.15, 0.2) is 9.84 Å². The number of hydrogen-bond donors (Lipinski definition) is 2. The maximum Gasteiger partial charge on any atom is 0.407 e. The molecule has 7 nitrogen and oxygen atoms in total.